The standard InChI is InChI=1S/C14H10BrF3/c15-13(14(16,17)18,11-7-3-1-4-8-11)12-9-5-2-6-10-12/h1-10H. The zero-order chi connectivity index (χ0) is 13.2. The summed E-state index contributed by atoms with van der Waals surface area (Å²) in [5.41, 5.74) is 0.340. The van der Waals surface area contributed by atoms with Crippen molar-refractivity contribution < 1.29 is 13.2 Å². The van der Waals surface area contributed by atoms with E-state index in [-0.39, 0.29) is 11.1 Å². The van der Waals surface area contributed by atoms with Crippen LogP contribution in [0.15, 0.2) is 60.7 Å². The van der Waals surface area contributed by atoms with Crippen LogP contribution in [0.3, 0.4) is 0 Å². The molecule has 0 heterocycles. The Balaban J connectivity index is 2.63. The van der Waals surface area contributed by atoms with Crippen LogP contribution in [0.4, 0.5) is 13.2 Å². The van der Waals surface area contributed by atoms with E-state index < -0.39 is 10.5 Å². The molecule has 94 valence electrons. The van der Waals surface area contributed by atoms with E-state index in [1.807, 2.05) is 0 Å². The summed E-state index contributed by atoms with van der Waals surface area (Å²) in [5.74, 6) is 0. The van der Waals surface area contributed by atoms with Crippen molar-refractivity contribution in [1.29, 1.82) is 0 Å². The van der Waals surface area contributed by atoms with Crippen LogP contribution in [0, 0.1) is 0 Å². The van der Waals surface area contributed by atoms with Crippen LogP contribution in [-0.2, 0) is 4.32 Å². The highest BCUT2D eigenvalue weighted by molar-refractivity contribution is 9.09. The minimum atomic E-state index is -4.42. The second kappa shape index (κ2) is 4.76. The normalized spacial score (nSPS) is 12.4. The predicted octanol–water partition coefficient (Wildman–Crippen LogP) is 4.89. The Morgan fingerprint density at radius 3 is 1.28 bits per heavy atom. The first-order chi connectivity index (χ1) is 8.46. The molecule has 0 N–H and O–H groups in total. The molecule has 0 spiro atoms. The molecule has 2 rings (SSSR count). The van der Waals surface area contributed by atoms with Gasteiger partial charge in [0.1, 0.15) is 0 Å². The number of halogens is 4. The molecule has 0 saturated carbocycles. The predicted molar refractivity (Wildman–Crippen MR) is 68.6 cm³/mol. The van der Waals surface area contributed by atoms with E-state index in [4.69, 9.17) is 0 Å². The molecular formula is C14H10BrF3. The van der Waals surface area contributed by atoms with Crippen molar-refractivity contribution in [2.24, 2.45) is 0 Å². The van der Waals surface area contributed by atoms with Crippen molar-refractivity contribution in [3.8, 4) is 0 Å². The molecule has 0 aromatic heterocycles. The third-order valence-electron chi connectivity index (χ3n) is 2.73. The molecule has 0 aliphatic carbocycles. The maximum absolute atomic E-state index is 13.4. The monoisotopic (exact) mass is 314 g/mol. The summed E-state index contributed by atoms with van der Waals surface area (Å²) in [6.45, 7) is 0. The number of rotatable bonds is 2. The van der Waals surface area contributed by atoms with E-state index in [9.17, 15) is 13.2 Å². The van der Waals surface area contributed by atoms with Gasteiger partial charge >= 0.3 is 6.18 Å². The Morgan fingerprint density at radius 2 is 1.00 bits per heavy atom. The highest BCUT2D eigenvalue weighted by Gasteiger charge is 2.55. The van der Waals surface area contributed by atoms with Gasteiger partial charge in [0.15, 0.2) is 4.32 Å². The molecule has 0 radical (unpaired) electrons. The van der Waals surface area contributed by atoms with E-state index >= 15 is 0 Å². The summed E-state index contributed by atoms with van der Waals surface area (Å²) in [5, 5.41) is 0. The fourth-order valence-corrected chi connectivity index (χ4v) is 2.36. The second-order valence-electron chi connectivity index (χ2n) is 3.89. The Kier molecular flexibility index (Phi) is 3.48. The Hall–Kier alpha value is -1.29. The van der Waals surface area contributed by atoms with Gasteiger partial charge in [0.05, 0.1) is 0 Å². The van der Waals surface area contributed by atoms with Crippen LogP contribution in [0.25, 0.3) is 0 Å². The first-order valence-electron chi connectivity index (χ1n) is 5.33. The average Bonchev–Trinajstić information content (AvgIpc) is 2.38. The van der Waals surface area contributed by atoms with Crippen molar-refractivity contribution in [1.82, 2.24) is 0 Å². The Morgan fingerprint density at radius 1 is 0.667 bits per heavy atom. The molecule has 2 aromatic rings. The van der Waals surface area contributed by atoms with Crippen molar-refractivity contribution in [3.05, 3.63) is 71.8 Å². The topological polar surface area (TPSA) is 0 Å². The minimum absolute atomic E-state index is 0.170. The van der Waals surface area contributed by atoms with Gasteiger partial charge in [-0.1, -0.05) is 76.6 Å². The molecule has 0 saturated heterocycles. The fraction of sp³-hybridized carbons (Fsp3) is 0.143. The van der Waals surface area contributed by atoms with Crippen LogP contribution >= 0.6 is 15.9 Å². The molecular weight excluding hydrogens is 305 g/mol. The van der Waals surface area contributed by atoms with Gasteiger partial charge in [0, 0.05) is 0 Å². The molecule has 0 amide bonds. The lowest BCUT2D eigenvalue weighted by Gasteiger charge is -2.31. The molecule has 0 aliphatic heterocycles. The van der Waals surface area contributed by atoms with Crippen LogP contribution in [0.2, 0.25) is 0 Å². The molecule has 0 unspecified atom stereocenters. The first-order valence-corrected chi connectivity index (χ1v) is 6.12. The number of hydrogen-bond acceptors (Lipinski definition) is 0. The van der Waals surface area contributed by atoms with Crippen molar-refractivity contribution >= 4 is 15.9 Å². The third kappa shape index (κ3) is 2.17. The lowest BCUT2D eigenvalue weighted by molar-refractivity contribution is -0.149. The second-order valence-corrected chi connectivity index (χ2v) is 5.08. The SMILES string of the molecule is FC(F)(F)C(Br)(c1ccccc1)c1ccccc1. The molecule has 4 heteroatoms. The summed E-state index contributed by atoms with van der Waals surface area (Å²) in [6.07, 6.45) is -4.42. The highest BCUT2D eigenvalue weighted by atomic mass is 79.9. The van der Waals surface area contributed by atoms with Crippen LogP contribution in [0.1, 0.15) is 11.1 Å². The van der Waals surface area contributed by atoms with Gasteiger partial charge in [-0.25, -0.2) is 0 Å². The fourth-order valence-electron chi connectivity index (χ4n) is 1.83. The molecule has 0 fully saturated rings. The quantitative estimate of drug-likeness (QED) is 0.692. The van der Waals surface area contributed by atoms with Gasteiger partial charge in [0.25, 0.3) is 0 Å². The minimum Gasteiger partial charge on any atom is -0.169 e. The Labute approximate surface area is 112 Å². The van der Waals surface area contributed by atoms with Crippen LogP contribution < -0.4 is 0 Å². The zero-order valence-corrected chi connectivity index (χ0v) is 10.9. The summed E-state index contributed by atoms with van der Waals surface area (Å²) in [4.78, 5) is 0. The van der Waals surface area contributed by atoms with E-state index in [1.165, 1.54) is 24.3 Å². The molecule has 0 bridgehead atoms. The summed E-state index contributed by atoms with van der Waals surface area (Å²) in [6, 6.07) is 15.6. The number of alkyl halides is 4. The van der Waals surface area contributed by atoms with Crippen molar-refractivity contribution in [3.63, 3.8) is 0 Å². The molecule has 0 nitrogen and oxygen atoms in total. The molecule has 18 heavy (non-hydrogen) atoms. The maximum atomic E-state index is 13.4. The van der Waals surface area contributed by atoms with Gasteiger partial charge in [0.2, 0.25) is 0 Å². The average molecular weight is 315 g/mol. The lowest BCUT2D eigenvalue weighted by atomic mass is 9.90. The summed E-state index contributed by atoms with van der Waals surface area (Å²) >= 11 is 2.90. The smallest absolute Gasteiger partial charge is 0.169 e. The number of benzene rings is 2. The molecule has 2 aromatic carbocycles. The molecule has 0 atom stereocenters. The van der Waals surface area contributed by atoms with Gasteiger partial charge < -0.3 is 0 Å². The van der Waals surface area contributed by atoms with E-state index in [0.29, 0.717) is 0 Å². The number of hydrogen-bond donors (Lipinski definition) is 0. The van der Waals surface area contributed by atoms with E-state index in [2.05, 4.69) is 15.9 Å². The van der Waals surface area contributed by atoms with E-state index in [1.54, 1.807) is 36.4 Å². The first kappa shape index (κ1) is 13.1. The van der Waals surface area contributed by atoms with Crippen molar-refractivity contribution in [2.75, 3.05) is 0 Å². The highest BCUT2D eigenvalue weighted by Crippen LogP contribution is 2.50. The molecule has 0 aliphatic rings. The van der Waals surface area contributed by atoms with Crippen molar-refractivity contribution in [2.45, 2.75) is 10.5 Å². The lowest BCUT2D eigenvalue weighted by Crippen LogP contribution is -2.37. The third-order valence-corrected chi connectivity index (χ3v) is 4.10. The summed E-state index contributed by atoms with van der Waals surface area (Å²) < 4.78 is 38.1. The largest absolute Gasteiger partial charge is 0.411 e. The van der Waals surface area contributed by atoms with Gasteiger partial charge in [-0.05, 0) is 11.1 Å². The van der Waals surface area contributed by atoms with Crippen LogP contribution in [-0.4, -0.2) is 6.18 Å². The summed E-state index contributed by atoms with van der Waals surface area (Å²) in [7, 11) is 0. The van der Waals surface area contributed by atoms with E-state index in [0.717, 1.165) is 0 Å². The van der Waals surface area contributed by atoms with Gasteiger partial charge in [-0.3, -0.25) is 0 Å². The maximum Gasteiger partial charge on any atom is 0.411 e. The van der Waals surface area contributed by atoms with Crippen LogP contribution in [0.5, 0.6) is 0 Å². The van der Waals surface area contributed by atoms with Gasteiger partial charge in [-0.15, -0.1) is 0 Å². The Bertz CT molecular complexity index is 466. The van der Waals surface area contributed by atoms with Gasteiger partial charge in [-0.2, -0.15) is 13.2 Å². The zero-order valence-electron chi connectivity index (χ0n) is 9.29.